The van der Waals surface area contributed by atoms with Crippen LogP contribution in [-0.2, 0) is 14.3 Å². The number of hydrogen-bond donors (Lipinski definition) is 2. The average molecular weight is 322 g/mol. The number of primary amides is 1. The van der Waals surface area contributed by atoms with E-state index >= 15 is 0 Å². The molecule has 1 aromatic carbocycles. The number of nitrogens with one attached hydrogen (secondary N) is 1. The molecule has 3 N–H and O–H groups in total. The number of benzene rings is 1. The molecule has 8 nitrogen and oxygen atoms in total. The van der Waals surface area contributed by atoms with Crippen LogP contribution in [0.15, 0.2) is 24.3 Å². The van der Waals surface area contributed by atoms with E-state index in [0.29, 0.717) is 17.1 Å². The van der Waals surface area contributed by atoms with Gasteiger partial charge >= 0.3 is 12.0 Å². The highest BCUT2D eigenvalue weighted by Gasteiger charge is 2.17. The number of amides is 3. The minimum atomic E-state index is -1.15. The van der Waals surface area contributed by atoms with Crippen molar-refractivity contribution < 1.29 is 28.6 Å². The fourth-order valence-corrected chi connectivity index (χ4v) is 1.61. The van der Waals surface area contributed by atoms with Crippen LogP contribution in [0.5, 0.6) is 11.5 Å². The summed E-state index contributed by atoms with van der Waals surface area (Å²) >= 11 is 0. The van der Waals surface area contributed by atoms with Crippen LogP contribution in [0, 0.1) is 0 Å². The van der Waals surface area contributed by atoms with Gasteiger partial charge in [-0.2, -0.15) is 0 Å². The lowest BCUT2D eigenvalue weighted by atomic mass is 10.2. The Kier molecular flexibility index (Phi) is 6.60. The van der Waals surface area contributed by atoms with Gasteiger partial charge < -0.3 is 19.9 Å². The Morgan fingerprint density at radius 2 is 1.83 bits per heavy atom. The number of esters is 1. The molecular weight excluding hydrogens is 304 g/mol. The predicted molar refractivity (Wildman–Crippen MR) is 81.9 cm³/mol. The molecule has 0 saturated carbocycles. The molecule has 0 unspecified atom stereocenters. The lowest BCUT2D eigenvalue weighted by molar-refractivity contribution is -0.149. The Morgan fingerprint density at radius 3 is 2.39 bits per heavy atom. The third-order valence-electron chi connectivity index (χ3n) is 2.73. The molecule has 0 spiro atoms. The molecule has 23 heavy (non-hydrogen) atoms. The molecule has 1 rings (SSSR count). The van der Waals surface area contributed by atoms with E-state index in [0.717, 1.165) is 6.08 Å². The van der Waals surface area contributed by atoms with E-state index in [1.807, 2.05) is 5.32 Å². The summed E-state index contributed by atoms with van der Waals surface area (Å²) in [6.07, 6.45) is 1.49. The van der Waals surface area contributed by atoms with Gasteiger partial charge in [0.05, 0.1) is 14.2 Å². The normalized spacial score (nSPS) is 11.6. The molecule has 0 aliphatic heterocycles. The number of urea groups is 1. The molecule has 0 saturated heterocycles. The third-order valence-corrected chi connectivity index (χ3v) is 2.73. The summed E-state index contributed by atoms with van der Waals surface area (Å²) in [5.41, 5.74) is 5.48. The summed E-state index contributed by atoms with van der Waals surface area (Å²) in [5.74, 6) is -0.474. The number of hydrogen-bond acceptors (Lipinski definition) is 6. The number of rotatable bonds is 6. The second kappa shape index (κ2) is 8.42. The van der Waals surface area contributed by atoms with Gasteiger partial charge in [-0.15, -0.1) is 0 Å². The molecule has 0 heterocycles. The maximum atomic E-state index is 11.6. The van der Waals surface area contributed by atoms with Gasteiger partial charge in [0.25, 0.3) is 5.91 Å². The first-order chi connectivity index (χ1) is 10.9. The van der Waals surface area contributed by atoms with Crippen LogP contribution in [0.3, 0.4) is 0 Å². The first kappa shape index (κ1) is 18.0. The highest BCUT2D eigenvalue weighted by molar-refractivity contribution is 5.97. The first-order valence-corrected chi connectivity index (χ1v) is 6.58. The van der Waals surface area contributed by atoms with Gasteiger partial charge in [-0.25, -0.2) is 9.59 Å². The van der Waals surface area contributed by atoms with Crippen molar-refractivity contribution in [1.29, 1.82) is 0 Å². The Hall–Kier alpha value is -3.03. The van der Waals surface area contributed by atoms with Crippen molar-refractivity contribution in [2.45, 2.75) is 13.0 Å². The summed E-state index contributed by atoms with van der Waals surface area (Å²) in [6, 6.07) is 4.06. The lowest BCUT2D eigenvalue weighted by Gasteiger charge is -2.10. The topological polar surface area (TPSA) is 117 Å². The molecule has 0 aliphatic carbocycles. The van der Waals surface area contributed by atoms with Gasteiger partial charge in [0.2, 0.25) is 0 Å². The van der Waals surface area contributed by atoms with Crippen LogP contribution >= 0.6 is 0 Å². The molecule has 1 aromatic rings. The second-order valence-corrected chi connectivity index (χ2v) is 4.38. The van der Waals surface area contributed by atoms with E-state index in [4.69, 9.17) is 19.9 Å². The molecule has 3 amide bonds. The summed E-state index contributed by atoms with van der Waals surface area (Å²) in [5, 5.41) is 1.82. The van der Waals surface area contributed by atoms with Crippen molar-refractivity contribution in [3.05, 3.63) is 29.8 Å². The van der Waals surface area contributed by atoms with E-state index in [1.165, 1.54) is 27.2 Å². The monoisotopic (exact) mass is 322 g/mol. The fourth-order valence-electron chi connectivity index (χ4n) is 1.61. The summed E-state index contributed by atoms with van der Waals surface area (Å²) in [7, 11) is 3.02. The van der Waals surface area contributed by atoms with Crippen molar-refractivity contribution in [3.63, 3.8) is 0 Å². The molecule has 0 aromatic heterocycles. The van der Waals surface area contributed by atoms with Crippen LogP contribution in [0.2, 0.25) is 0 Å². The molecule has 0 aliphatic rings. The SMILES string of the molecule is COc1ccc(/C=C/C(=O)O[C@H](C)C(=O)NC(N)=O)cc1OC. The van der Waals surface area contributed by atoms with Gasteiger partial charge in [-0.05, 0) is 30.7 Å². The van der Waals surface area contributed by atoms with Gasteiger partial charge in [0, 0.05) is 6.08 Å². The Labute approximate surface area is 133 Å². The number of carbonyl (C=O) groups excluding carboxylic acids is 3. The molecule has 0 bridgehead atoms. The molecule has 8 heteroatoms. The van der Waals surface area contributed by atoms with E-state index in [1.54, 1.807) is 18.2 Å². The van der Waals surface area contributed by atoms with E-state index < -0.39 is 24.0 Å². The summed E-state index contributed by atoms with van der Waals surface area (Å²) in [4.78, 5) is 33.5. The molecule has 0 radical (unpaired) electrons. The van der Waals surface area contributed by atoms with Crippen molar-refractivity contribution in [1.82, 2.24) is 5.32 Å². The summed E-state index contributed by atoms with van der Waals surface area (Å²) in [6.45, 7) is 1.32. The maximum absolute atomic E-state index is 11.6. The fraction of sp³-hybridized carbons (Fsp3) is 0.267. The third kappa shape index (κ3) is 5.70. The van der Waals surface area contributed by atoms with Gasteiger partial charge in [-0.3, -0.25) is 10.1 Å². The van der Waals surface area contributed by atoms with E-state index in [9.17, 15) is 14.4 Å². The quantitative estimate of drug-likeness (QED) is 0.592. The lowest BCUT2D eigenvalue weighted by Crippen LogP contribution is -2.42. The predicted octanol–water partition coefficient (Wildman–Crippen LogP) is 0.844. The van der Waals surface area contributed by atoms with Crippen LogP contribution in [0.1, 0.15) is 12.5 Å². The number of nitrogens with two attached hydrogens (primary N) is 1. The van der Waals surface area contributed by atoms with E-state index in [-0.39, 0.29) is 0 Å². The molecule has 1 atom stereocenters. The smallest absolute Gasteiger partial charge is 0.331 e. The van der Waals surface area contributed by atoms with E-state index in [2.05, 4.69) is 0 Å². The highest BCUT2D eigenvalue weighted by Crippen LogP contribution is 2.27. The van der Waals surface area contributed by atoms with Crippen molar-refractivity contribution >= 4 is 24.0 Å². The van der Waals surface area contributed by atoms with Crippen LogP contribution in [0.4, 0.5) is 4.79 Å². The Bertz CT molecular complexity index is 626. The first-order valence-electron chi connectivity index (χ1n) is 6.58. The minimum absolute atomic E-state index is 0.511. The zero-order chi connectivity index (χ0) is 17.4. The molecular formula is C15H18N2O6. The number of carbonyl (C=O) groups is 3. The standard InChI is InChI=1S/C15H18N2O6/c1-9(14(19)17-15(16)20)23-13(18)7-5-10-4-6-11(21-2)12(8-10)22-3/h4-9H,1-3H3,(H3,16,17,19,20)/b7-5+/t9-/m1/s1. The number of ether oxygens (including phenoxy) is 3. The maximum Gasteiger partial charge on any atom is 0.331 e. The number of methoxy groups -OCH3 is 2. The Morgan fingerprint density at radius 1 is 1.17 bits per heavy atom. The largest absolute Gasteiger partial charge is 0.493 e. The number of imide groups is 1. The van der Waals surface area contributed by atoms with Crippen LogP contribution in [-0.4, -0.2) is 38.2 Å². The second-order valence-electron chi connectivity index (χ2n) is 4.38. The molecule has 0 fully saturated rings. The average Bonchev–Trinajstić information content (AvgIpc) is 2.51. The van der Waals surface area contributed by atoms with Gasteiger partial charge in [0.1, 0.15) is 0 Å². The Balaban J connectivity index is 2.68. The zero-order valence-electron chi connectivity index (χ0n) is 13.0. The van der Waals surface area contributed by atoms with Crippen LogP contribution in [0.25, 0.3) is 6.08 Å². The van der Waals surface area contributed by atoms with Crippen LogP contribution < -0.4 is 20.5 Å². The van der Waals surface area contributed by atoms with Crippen molar-refractivity contribution in [2.24, 2.45) is 5.73 Å². The zero-order valence-corrected chi connectivity index (χ0v) is 13.0. The summed E-state index contributed by atoms with van der Waals surface area (Å²) < 4.78 is 15.1. The van der Waals surface area contributed by atoms with Crippen molar-refractivity contribution in [2.75, 3.05) is 14.2 Å². The molecule has 124 valence electrons. The van der Waals surface area contributed by atoms with Crippen molar-refractivity contribution in [3.8, 4) is 11.5 Å². The minimum Gasteiger partial charge on any atom is -0.493 e. The van der Waals surface area contributed by atoms with Gasteiger partial charge in [-0.1, -0.05) is 6.07 Å². The highest BCUT2D eigenvalue weighted by atomic mass is 16.5. The van der Waals surface area contributed by atoms with Gasteiger partial charge in [0.15, 0.2) is 17.6 Å².